The summed E-state index contributed by atoms with van der Waals surface area (Å²) in [7, 11) is 0.500. The maximum atomic E-state index is 13.9. The van der Waals surface area contributed by atoms with Crippen LogP contribution in [-0.4, -0.2) is 60.9 Å². The van der Waals surface area contributed by atoms with Gasteiger partial charge in [0.25, 0.3) is 0 Å². The molecule has 2 heterocycles. The van der Waals surface area contributed by atoms with E-state index in [1.54, 1.807) is 24.3 Å². The SMILES string of the molecule is CF.NCc1ccc(C2=C3CN(C(=O)CC(N)Cc4cc(F)ccc4F)CCN3C(C(F)(F)F)N2)cc1. The Balaban J connectivity index is 0.00000186. The highest BCUT2D eigenvalue weighted by Gasteiger charge is 2.50. The van der Waals surface area contributed by atoms with Crippen molar-refractivity contribution in [3.63, 3.8) is 0 Å². The van der Waals surface area contributed by atoms with E-state index in [1.165, 1.54) is 9.80 Å². The van der Waals surface area contributed by atoms with Crippen molar-refractivity contribution in [3.8, 4) is 0 Å². The smallest absolute Gasteiger partial charge is 0.356 e. The minimum absolute atomic E-state index is 0.0175. The molecule has 1 amide bonds. The van der Waals surface area contributed by atoms with Crippen LogP contribution in [0.2, 0.25) is 0 Å². The van der Waals surface area contributed by atoms with Crippen molar-refractivity contribution in [3.05, 3.63) is 76.5 Å². The molecule has 2 aliphatic heterocycles. The number of benzene rings is 2. The van der Waals surface area contributed by atoms with Crippen molar-refractivity contribution >= 4 is 11.6 Å². The van der Waals surface area contributed by atoms with Crippen LogP contribution in [0.1, 0.15) is 23.1 Å². The maximum Gasteiger partial charge on any atom is 0.427 e. The molecular formula is C25H29F6N5O. The summed E-state index contributed by atoms with van der Waals surface area (Å²) in [6.45, 7) is 0.333. The van der Waals surface area contributed by atoms with Crippen LogP contribution in [0.15, 0.2) is 48.2 Å². The van der Waals surface area contributed by atoms with Crippen LogP contribution in [0.3, 0.4) is 0 Å². The van der Waals surface area contributed by atoms with Crippen molar-refractivity contribution in [2.75, 3.05) is 26.8 Å². The van der Waals surface area contributed by atoms with Crippen LogP contribution >= 0.6 is 0 Å². The van der Waals surface area contributed by atoms with Crippen LogP contribution in [0.4, 0.5) is 26.3 Å². The summed E-state index contributed by atoms with van der Waals surface area (Å²) in [5, 5.41) is 2.58. The number of halogens is 6. The third-order valence-electron chi connectivity index (χ3n) is 6.25. The number of alkyl halides is 4. The van der Waals surface area contributed by atoms with Crippen molar-refractivity contribution in [2.24, 2.45) is 11.5 Å². The minimum Gasteiger partial charge on any atom is -0.356 e. The number of fused-ring (bicyclic) bond motifs is 1. The zero-order valence-corrected chi connectivity index (χ0v) is 20.2. The summed E-state index contributed by atoms with van der Waals surface area (Å²) in [4.78, 5) is 15.6. The van der Waals surface area contributed by atoms with E-state index in [0.717, 1.165) is 23.8 Å². The van der Waals surface area contributed by atoms with Gasteiger partial charge in [0.15, 0.2) is 6.17 Å². The van der Waals surface area contributed by atoms with E-state index >= 15 is 0 Å². The number of rotatable bonds is 6. The molecule has 37 heavy (non-hydrogen) atoms. The highest BCUT2D eigenvalue weighted by Crippen LogP contribution is 2.37. The minimum atomic E-state index is -4.52. The number of piperazine rings is 1. The lowest BCUT2D eigenvalue weighted by atomic mass is 10.0. The number of nitrogens with zero attached hydrogens (tertiary/aromatic N) is 2. The Bertz CT molecular complexity index is 1120. The van der Waals surface area contributed by atoms with Gasteiger partial charge in [0.1, 0.15) is 11.6 Å². The largest absolute Gasteiger partial charge is 0.427 e. The van der Waals surface area contributed by atoms with Gasteiger partial charge < -0.3 is 26.6 Å². The molecule has 4 rings (SSSR count). The second-order valence-electron chi connectivity index (χ2n) is 8.72. The highest BCUT2D eigenvalue weighted by molar-refractivity contribution is 5.79. The first kappa shape index (κ1) is 28.3. The van der Waals surface area contributed by atoms with Gasteiger partial charge in [0.05, 0.1) is 25.1 Å². The van der Waals surface area contributed by atoms with E-state index in [9.17, 15) is 31.1 Å². The molecule has 0 radical (unpaired) electrons. The Morgan fingerprint density at radius 3 is 2.41 bits per heavy atom. The predicted molar refractivity (Wildman–Crippen MR) is 127 cm³/mol. The average Bonchev–Trinajstić information content (AvgIpc) is 3.27. The maximum absolute atomic E-state index is 13.9. The molecule has 5 N–H and O–H groups in total. The number of hydrogen-bond acceptors (Lipinski definition) is 5. The topological polar surface area (TPSA) is 87.6 Å². The Hall–Kier alpha value is -3.25. The van der Waals surface area contributed by atoms with Crippen LogP contribution in [0.5, 0.6) is 0 Å². The molecule has 0 spiro atoms. The van der Waals surface area contributed by atoms with Crippen molar-refractivity contribution in [1.82, 2.24) is 15.1 Å². The van der Waals surface area contributed by atoms with E-state index in [2.05, 4.69) is 5.32 Å². The molecule has 202 valence electrons. The van der Waals surface area contributed by atoms with E-state index in [0.29, 0.717) is 30.7 Å². The normalized spacial score (nSPS) is 18.1. The van der Waals surface area contributed by atoms with Gasteiger partial charge in [-0.15, -0.1) is 0 Å². The molecule has 0 aliphatic carbocycles. The Morgan fingerprint density at radius 1 is 1.11 bits per heavy atom. The summed E-state index contributed by atoms with van der Waals surface area (Å²) in [6.07, 6.45) is -6.61. The van der Waals surface area contributed by atoms with Crippen molar-refractivity contribution in [2.45, 2.75) is 37.8 Å². The number of hydrogen-bond donors (Lipinski definition) is 3. The highest BCUT2D eigenvalue weighted by atomic mass is 19.4. The summed E-state index contributed by atoms with van der Waals surface area (Å²) in [5.41, 5.74) is 13.8. The van der Waals surface area contributed by atoms with Gasteiger partial charge in [0.2, 0.25) is 5.91 Å². The second kappa shape index (κ2) is 11.9. The number of carbonyl (C=O) groups is 1. The first-order chi connectivity index (χ1) is 17.6. The van der Waals surface area contributed by atoms with Gasteiger partial charge in [0, 0.05) is 32.1 Å². The van der Waals surface area contributed by atoms with Crippen LogP contribution < -0.4 is 16.8 Å². The van der Waals surface area contributed by atoms with Gasteiger partial charge in [-0.05, 0) is 41.3 Å². The Kier molecular flexibility index (Phi) is 9.08. The van der Waals surface area contributed by atoms with Gasteiger partial charge in [-0.3, -0.25) is 9.18 Å². The van der Waals surface area contributed by atoms with Crippen molar-refractivity contribution in [1.29, 1.82) is 0 Å². The lowest BCUT2D eigenvalue weighted by Crippen LogP contribution is -2.55. The molecule has 2 aromatic carbocycles. The second-order valence-corrected chi connectivity index (χ2v) is 8.72. The number of nitrogens with two attached hydrogens (primary N) is 2. The first-order valence-corrected chi connectivity index (χ1v) is 11.5. The number of carbonyl (C=O) groups excluding carboxylic acids is 1. The van der Waals surface area contributed by atoms with E-state index in [1.807, 2.05) is 0 Å². The Labute approximate surface area is 210 Å². The molecule has 2 aromatic rings. The molecule has 6 nitrogen and oxygen atoms in total. The van der Waals surface area contributed by atoms with Gasteiger partial charge in [-0.1, -0.05) is 24.3 Å². The van der Waals surface area contributed by atoms with E-state index in [4.69, 9.17) is 11.5 Å². The van der Waals surface area contributed by atoms with E-state index < -0.39 is 30.0 Å². The van der Waals surface area contributed by atoms with Gasteiger partial charge >= 0.3 is 6.18 Å². The molecule has 0 saturated carbocycles. The molecule has 1 saturated heterocycles. The quantitative estimate of drug-likeness (QED) is 0.500. The van der Waals surface area contributed by atoms with Crippen molar-refractivity contribution < 1.29 is 31.1 Å². The molecule has 0 aromatic heterocycles. The summed E-state index contributed by atoms with van der Waals surface area (Å²) in [6, 6.07) is 9.12. The lowest BCUT2D eigenvalue weighted by Gasteiger charge is -2.38. The monoisotopic (exact) mass is 529 g/mol. The summed E-state index contributed by atoms with van der Waals surface area (Å²) >= 11 is 0. The number of amides is 1. The fourth-order valence-electron chi connectivity index (χ4n) is 4.46. The van der Waals surface area contributed by atoms with E-state index in [-0.39, 0.29) is 43.9 Å². The average molecular weight is 530 g/mol. The fraction of sp³-hybridized carbons (Fsp3) is 0.400. The first-order valence-electron chi connectivity index (χ1n) is 11.5. The van der Waals surface area contributed by atoms with Crippen LogP contribution in [-0.2, 0) is 17.8 Å². The van der Waals surface area contributed by atoms with Gasteiger partial charge in [-0.2, -0.15) is 13.2 Å². The number of nitrogens with one attached hydrogen (secondary N) is 1. The van der Waals surface area contributed by atoms with Crippen LogP contribution in [0.25, 0.3) is 5.70 Å². The predicted octanol–water partition coefficient (Wildman–Crippen LogP) is 3.27. The molecule has 12 heteroatoms. The summed E-state index contributed by atoms with van der Waals surface area (Å²) < 4.78 is 78.0. The molecular weight excluding hydrogens is 500 g/mol. The third kappa shape index (κ3) is 6.55. The zero-order valence-electron chi connectivity index (χ0n) is 20.2. The molecule has 2 atom stereocenters. The fourth-order valence-corrected chi connectivity index (χ4v) is 4.46. The zero-order chi connectivity index (χ0) is 27.3. The standard InChI is InChI=1S/C24H26F5N5O.CH3F/c25-17-5-6-19(26)16(9-17)10-18(31)11-21(35)33-7-8-34-20(13-33)22(32-23(34)24(27,28)29)15-3-1-14(12-30)2-4-15;1-2/h1-6,9,18,23,32H,7-8,10-13,30-31H2;1H3. The van der Waals surface area contributed by atoms with Gasteiger partial charge in [-0.25, -0.2) is 8.78 Å². The third-order valence-corrected chi connectivity index (χ3v) is 6.25. The Morgan fingerprint density at radius 2 is 1.78 bits per heavy atom. The molecule has 2 aliphatic rings. The molecule has 0 bridgehead atoms. The lowest BCUT2D eigenvalue weighted by molar-refractivity contribution is -0.182. The molecule has 1 fully saturated rings. The summed E-state index contributed by atoms with van der Waals surface area (Å²) in [5.74, 6) is -1.59. The van der Waals surface area contributed by atoms with Crippen LogP contribution in [0, 0.1) is 11.6 Å². The molecule has 2 unspecified atom stereocenters.